The Kier molecular flexibility index (Phi) is 3.78. The Bertz CT molecular complexity index is 543. The van der Waals surface area contributed by atoms with E-state index in [0.29, 0.717) is 17.1 Å². The van der Waals surface area contributed by atoms with Crippen LogP contribution in [0.25, 0.3) is 0 Å². The fourth-order valence-electron chi connectivity index (χ4n) is 1.38. The zero-order valence-electron chi connectivity index (χ0n) is 9.57. The van der Waals surface area contributed by atoms with E-state index in [2.05, 4.69) is 10.6 Å². The Hall–Kier alpha value is -2.08. The lowest BCUT2D eigenvalue weighted by molar-refractivity contribution is 0.262. The van der Waals surface area contributed by atoms with Crippen LogP contribution >= 0.6 is 11.3 Å². The first-order valence-electron chi connectivity index (χ1n) is 5.12. The summed E-state index contributed by atoms with van der Waals surface area (Å²) in [5.74, 6) is -0.124. The molecule has 18 heavy (non-hydrogen) atoms. The highest BCUT2D eigenvalue weighted by Crippen LogP contribution is 2.20. The van der Waals surface area contributed by atoms with Crippen molar-refractivity contribution < 1.29 is 13.9 Å². The first kappa shape index (κ1) is 12.4. The number of anilines is 2. The van der Waals surface area contributed by atoms with E-state index in [0.717, 1.165) is 0 Å². The summed E-state index contributed by atoms with van der Waals surface area (Å²) in [6, 6.07) is 5.34. The summed E-state index contributed by atoms with van der Waals surface area (Å²) in [7, 11) is 1.43. The molecule has 0 aliphatic carbocycles. The third-order valence-electron chi connectivity index (χ3n) is 2.14. The van der Waals surface area contributed by atoms with E-state index in [1.165, 1.54) is 36.6 Å². The average Bonchev–Trinajstić information content (AvgIpc) is 2.80. The SMILES string of the molecule is COc1cc(F)cc(NC(=O)Nc2ccsc2)c1. The Morgan fingerprint density at radius 2 is 2.06 bits per heavy atom. The molecule has 0 aliphatic rings. The van der Waals surface area contributed by atoms with Crippen LogP contribution in [0, 0.1) is 5.82 Å². The second kappa shape index (κ2) is 5.50. The molecule has 0 saturated carbocycles. The van der Waals surface area contributed by atoms with Gasteiger partial charge in [0.05, 0.1) is 12.8 Å². The number of ether oxygens (including phenoxy) is 1. The summed E-state index contributed by atoms with van der Waals surface area (Å²) in [6.07, 6.45) is 0. The maximum Gasteiger partial charge on any atom is 0.323 e. The van der Waals surface area contributed by atoms with Gasteiger partial charge in [0.25, 0.3) is 0 Å². The molecule has 2 N–H and O–H groups in total. The van der Waals surface area contributed by atoms with Gasteiger partial charge in [0, 0.05) is 23.2 Å². The second-order valence-electron chi connectivity index (χ2n) is 3.47. The molecule has 2 aromatic rings. The van der Waals surface area contributed by atoms with Gasteiger partial charge in [-0.3, -0.25) is 0 Å². The van der Waals surface area contributed by atoms with Gasteiger partial charge in [-0.05, 0) is 17.5 Å². The van der Waals surface area contributed by atoms with Crippen LogP contribution in [0.5, 0.6) is 5.75 Å². The average molecular weight is 266 g/mol. The molecule has 0 spiro atoms. The summed E-state index contributed by atoms with van der Waals surface area (Å²) >= 11 is 1.47. The molecule has 0 bridgehead atoms. The fourth-order valence-corrected chi connectivity index (χ4v) is 1.97. The lowest BCUT2D eigenvalue weighted by Gasteiger charge is -2.08. The summed E-state index contributed by atoms with van der Waals surface area (Å²) in [5, 5.41) is 8.80. The molecule has 6 heteroatoms. The normalized spacial score (nSPS) is 9.89. The van der Waals surface area contributed by atoms with Gasteiger partial charge in [-0.2, -0.15) is 11.3 Å². The topological polar surface area (TPSA) is 50.4 Å². The van der Waals surface area contributed by atoms with Gasteiger partial charge in [-0.25, -0.2) is 9.18 Å². The molecular formula is C12H11FN2O2S. The monoisotopic (exact) mass is 266 g/mol. The number of methoxy groups -OCH3 is 1. The number of halogens is 1. The molecule has 2 rings (SSSR count). The summed E-state index contributed by atoms with van der Waals surface area (Å²) in [4.78, 5) is 11.6. The predicted molar refractivity (Wildman–Crippen MR) is 69.9 cm³/mol. The third kappa shape index (κ3) is 3.21. The maximum absolute atomic E-state index is 13.2. The number of amides is 2. The lowest BCUT2D eigenvalue weighted by Crippen LogP contribution is -2.19. The van der Waals surface area contributed by atoms with Crippen molar-refractivity contribution in [3.8, 4) is 5.75 Å². The van der Waals surface area contributed by atoms with Crippen molar-refractivity contribution in [3.05, 3.63) is 40.8 Å². The molecule has 0 fully saturated rings. The predicted octanol–water partition coefficient (Wildman–Crippen LogP) is 3.54. The number of hydrogen-bond acceptors (Lipinski definition) is 3. The number of rotatable bonds is 3. The molecule has 1 heterocycles. The Morgan fingerprint density at radius 1 is 1.28 bits per heavy atom. The van der Waals surface area contributed by atoms with Gasteiger partial charge < -0.3 is 15.4 Å². The van der Waals surface area contributed by atoms with Crippen molar-refractivity contribution in [3.63, 3.8) is 0 Å². The minimum Gasteiger partial charge on any atom is -0.497 e. The molecule has 0 aliphatic heterocycles. The van der Waals surface area contributed by atoms with Crippen molar-refractivity contribution >= 4 is 28.7 Å². The highest BCUT2D eigenvalue weighted by Gasteiger charge is 2.06. The van der Waals surface area contributed by atoms with E-state index in [-0.39, 0.29) is 0 Å². The van der Waals surface area contributed by atoms with Crippen LogP contribution in [-0.4, -0.2) is 13.1 Å². The zero-order chi connectivity index (χ0) is 13.0. The Morgan fingerprint density at radius 3 is 2.72 bits per heavy atom. The third-order valence-corrected chi connectivity index (χ3v) is 2.83. The van der Waals surface area contributed by atoms with Crippen LogP contribution in [-0.2, 0) is 0 Å². The summed E-state index contributed by atoms with van der Waals surface area (Å²) < 4.78 is 18.1. The maximum atomic E-state index is 13.2. The van der Waals surface area contributed by atoms with Crippen molar-refractivity contribution in [1.82, 2.24) is 0 Å². The molecule has 0 saturated heterocycles. The number of hydrogen-bond donors (Lipinski definition) is 2. The number of thiophene rings is 1. The van der Waals surface area contributed by atoms with Crippen LogP contribution in [0.4, 0.5) is 20.6 Å². The number of nitrogens with one attached hydrogen (secondary N) is 2. The summed E-state index contributed by atoms with van der Waals surface area (Å²) in [5.41, 5.74) is 1.03. The van der Waals surface area contributed by atoms with E-state index >= 15 is 0 Å². The molecule has 2 amide bonds. The van der Waals surface area contributed by atoms with E-state index in [1.54, 1.807) is 11.4 Å². The van der Waals surface area contributed by atoms with Crippen LogP contribution < -0.4 is 15.4 Å². The largest absolute Gasteiger partial charge is 0.497 e. The van der Waals surface area contributed by atoms with Crippen molar-refractivity contribution in [2.75, 3.05) is 17.7 Å². The fraction of sp³-hybridized carbons (Fsp3) is 0.0833. The number of carbonyl (C=O) groups is 1. The van der Waals surface area contributed by atoms with Crippen LogP contribution in [0.15, 0.2) is 35.0 Å². The molecule has 0 unspecified atom stereocenters. The molecule has 0 atom stereocenters. The highest BCUT2D eigenvalue weighted by atomic mass is 32.1. The zero-order valence-corrected chi connectivity index (χ0v) is 10.4. The second-order valence-corrected chi connectivity index (χ2v) is 4.25. The number of urea groups is 1. The molecule has 94 valence electrons. The first-order chi connectivity index (χ1) is 8.67. The molecular weight excluding hydrogens is 255 g/mol. The molecule has 4 nitrogen and oxygen atoms in total. The highest BCUT2D eigenvalue weighted by molar-refractivity contribution is 7.08. The van der Waals surface area contributed by atoms with E-state index in [9.17, 15) is 9.18 Å². The van der Waals surface area contributed by atoms with Crippen molar-refractivity contribution in [1.29, 1.82) is 0 Å². The smallest absolute Gasteiger partial charge is 0.323 e. The van der Waals surface area contributed by atoms with Crippen LogP contribution in [0.2, 0.25) is 0 Å². The van der Waals surface area contributed by atoms with Crippen molar-refractivity contribution in [2.24, 2.45) is 0 Å². The quantitative estimate of drug-likeness (QED) is 0.892. The number of carbonyl (C=O) groups excluding carboxylic acids is 1. The van der Waals surface area contributed by atoms with Gasteiger partial charge in [-0.15, -0.1) is 0 Å². The van der Waals surface area contributed by atoms with E-state index in [1.807, 2.05) is 5.38 Å². The van der Waals surface area contributed by atoms with E-state index < -0.39 is 11.8 Å². The molecule has 1 aromatic carbocycles. The Balaban J connectivity index is 2.04. The van der Waals surface area contributed by atoms with Gasteiger partial charge >= 0.3 is 6.03 Å². The minimum atomic E-state index is -0.472. The van der Waals surface area contributed by atoms with Gasteiger partial charge in [0.2, 0.25) is 0 Å². The van der Waals surface area contributed by atoms with Crippen LogP contribution in [0.1, 0.15) is 0 Å². The minimum absolute atomic E-state index is 0.333. The lowest BCUT2D eigenvalue weighted by atomic mass is 10.3. The van der Waals surface area contributed by atoms with Gasteiger partial charge in [0.15, 0.2) is 0 Å². The van der Waals surface area contributed by atoms with Crippen molar-refractivity contribution in [2.45, 2.75) is 0 Å². The Labute approximate surface area is 107 Å². The molecule has 0 radical (unpaired) electrons. The van der Waals surface area contributed by atoms with Gasteiger partial charge in [0.1, 0.15) is 11.6 Å². The number of benzene rings is 1. The van der Waals surface area contributed by atoms with E-state index in [4.69, 9.17) is 4.74 Å². The summed E-state index contributed by atoms with van der Waals surface area (Å²) in [6.45, 7) is 0. The standard InChI is InChI=1S/C12H11FN2O2S/c1-17-11-5-8(13)4-10(6-11)15-12(16)14-9-2-3-18-7-9/h2-7H,1H3,(H2,14,15,16). The van der Waals surface area contributed by atoms with Gasteiger partial charge in [-0.1, -0.05) is 0 Å². The van der Waals surface area contributed by atoms with Crippen LogP contribution in [0.3, 0.4) is 0 Å². The first-order valence-corrected chi connectivity index (χ1v) is 6.06. The molecule has 1 aromatic heterocycles.